The van der Waals surface area contributed by atoms with Crippen LogP contribution in [0.15, 0.2) is 0 Å². The lowest BCUT2D eigenvalue weighted by Crippen LogP contribution is -2.37. The molecule has 0 aromatic rings. The molecular weight excluding hydrogens is 172 g/mol. The van der Waals surface area contributed by atoms with Gasteiger partial charge >= 0.3 is 0 Å². The van der Waals surface area contributed by atoms with Gasteiger partial charge in [-0.05, 0) is 0 Å². The Kier molecular flexibility index (Phi) is 5.00. The van der Waals surface area contributed by atoms with Gasteiger partial charge in [0.25, 0.3) is 0 Å². The van der Waals surface area contributed by atoms with Crippen LogP contribution in [0.2, 0.25) is 0 Å². The van der Waals surface area contributed by atoms with E-state index in [0.29, 0.717) is 5.33 Å². The molecule has 8 heavy (non-hydrogen) atoms. The molecular formula is C4H9BrN2O. The Hall–Kier alpha value is -0.0900. The van der Waals surface area contributed by atoms with Crippen molar-refractivity contribution in [1.82, 2.24) is 10.9 Å². The van der Waals surface area contributed by atoms with Crippen molar-refractivity contribution in [1.29, 1.82) is 0 Å². The van der Waals surface area contributed by atoms with E-state index >= 15 is 0 Å². The molecule has 0 saturated heterocycles. The van der Waals surface area contributed by atoms with Crippen LogP contribution in [0.5, 0.6) is 0 Å². The third-order valence-corrected chi connectivity index (χ3v) is 1.04. The van der Waals surface area contributed by atoms with Crippen molar-refractivity contribution in [2.45, 2.75) is 6.92 Å². The van der Waals surface area contributed by atoms with E-state index in [4.69, 9.17) is 0 Å². The van der Waals surface area contributed by atoms with Crippen molar-refractivity contribution < 1.29 is 4.79 Å². The van der Waals surface area contributed by atoms with Gasteiger partial charge in [0.05, 0.1) is 5.33 Å². The molecule has 0 aromatic carbocycles. The van der Waals surface area contributed by atoms with Gasteiger partial charge in [-0.1, -0.05) is 22.9 Å². The molecule has 0 fully saturated rings. The van der Waals surface area contributed by atoms with E-state index in [9.17, 15) is 4.79 Å². The van der Waals surface area contributed by atoms with Gasteiger partial charge in [0, 0.05) is 6.54 Å². The highest BCUT2D eigenvalue weighted by Crippen LogP contribution is 1.74. The van der Waals surface area contributed by atoms with Crippen LogP contribution in [0.1, 0.15) is 6.92 Å². The molecule has 0 bridgehead atoms. The van der Waals surface area contributed by atoms with Crippen LogP contribution in [0.4, 0.5) is 0 Å². The average Bonchev–Trinajstić information content (AvgIpc) is 1.83. The number of hydrogen-bond donors (Lipinski definition) is 2. The molecule has 0 aromatic heterocycles. The molecule has 0 aliphatic rings. The van der Waals surface area contributed by atoms with Gasteiger partial charge in [-0.3, -0.25) is 10.2 Å². The molecule has 0 radical (unpaired) electrons. The summed E-state index contributed by atoms with van der Waals surface area (Å²) in [5.74, 6) is -0.0492. The number of amides is 1. The zero-order valence-electron chi connectivity index (χ0n) is 4.70. The Labute approximate surface area is 56.9 Å². The summed E-state index contributed by atoms with van der Waals surface area (Å²) in [7, 11) is 0. The topological polar surface area (TPSA) is 41.1 Å². The summed E-state index contributed by atoms with van der Waals surface area (Å²) < 4.78 is 0. The molecule has 0 saturated carbocycles. The molecule has 3 nitrogen and oxygen atoms in total. The number of alkyl halides is 1. The second kappa shape index (κ2) is 5.05. The summed E-state index contributed by atoms with van der Waals surface area (Å²) in [5.41, 5.74) is 5.12. The first-order valence-electron chi connectivity index (χ1n) is 2.39. The van der Waals surface area contributed by atoms with Crippen molar-refractivity contribution in [3.05, 3.63) is 0 Å². The maximum atomic E-state index is 10.4. The lowest BCUT2D eigenvalue weighted by molar-refractivity contribution is -0.119. The predicted octanol–water partition coefficient (Wildman–Crippen LogP) is 0.0220. The van der Waals surface area contributed by atoms with Crippen LogP contribution in [0.25, 0.3) is 0 Å². The zero-order chi connectivity index (χ0) is 6.41. The average molecular weight is 181 g/mol. The first kappa shape index (κ1) is 7.91. The minimum Gasteiger partial charge on any atom is -0.291 e. The molecule has 48 valence electrons. The standard InChI is InChI=1S/C4H9BrN2O/c1-2-6-7-4(8)3-5/h6H,2-3H2,1H3,(H,7,8). The van der Waals surface area contributed by atoms with E-state index in [0.717, 1.165) is 6.54 Å². The molecule has 0 atom stereocenters. The van der Waals surface area contributed by atoms with Crippen molar-refractivity contribution in [2.24, 2.45) is 0 Å². The lowest BCUT2D eigenvalue weighted by atomic mass is 10.7. The highest BCUT2D eigenvalue weighted by molar-refractivity contribution is 9.09. The number of carbonyl (C=O) groups is 1. The molecule has 0 unspecified atom stereocenters. The molecule has 0 spiro atoms. The van der Waals surface area contributed by atoms with Gasteiger partial charge in [0.2, 0.25) is 5.91 Å². The molecule has 0 heterocycles. The Balaban J connectivity index is 2.99. The third-order valence-electron chi connectivity index (χ3n) is 0.526. The third kappa shape index (κ3) is 4.08. The fourth-order valence-electron chi connectivity index (χ4n) is 0.220. The van der Waals surface area contributed by atoms with Crippen molar-refractivity contribution in [3.63, 3.8) is 0 Å². The van der Waals surface area contributed by atoms with Crippen LogP contribution < -0.4 is 10.9 Å². The maximum absolute atomic E-state index is 10.4. The van der Waals surface area contributed by atoms with E-state index < -0.39 is 0 Å². The van der Waals surface area contributed by atoms with Crippen LogP contribution in [0.3, 0.4) is 0 Å². The predicted molar refractivity (Wildman–Crippen MR) is 35.6 cm³/mol. The van der Waals surface area contributed by atoms with E-state index in [2.05, 4.69) is 26.8 Å². The number of hydrogen-bond acceptors (Lipinski definition) is 2. The number of hydrazine groups is 1. The summed E-state index contributed by atoms with van der Waals surface area (Å²) in [5, 5.41) is 0.347. The summed E-state index contributed by atoms with van der Waals surface area (Å²) in [6, 6.07) is 0. The van der Waals surface area contributed by atoms with Crippen LogP contribution in [0, 0.1) is 0 Å². The quantitative estimate of drug-likeness (QED) is 0.476. The van der Waals surface area contributed by atoms with E-state index in [-0.39, 0.29) is 5.91 Å². The monoisotopic (exact) mass is 180 g/mol. The number of rotatable bonds is 3. The molecule has 0 aliphatic carbocycles. The van der Waals surface area contributed by atoms with Gasteiger partial charge in [-0.25, -0.2) is 5.43 Å². The molecule has 0 aliphatic heterocycles. The largest absolute Gasteiger partial charge is 0.291 e. The van der Waals surface area contributed by atoms with Gasteiger partial charge in [-0.2, -0.15) is 0 Å². The van der Waals surface area contributed by atoms with E-state index in [1.54, 1.807) is 0 Å². The van der Waals surface area contributed by atoms with E-state index in [1.165, 1.54) is 0 Å². The lowest BCUT2D eigenvalue weighted by Gasteiger charge is -1.99. The zero-order valence-corrected chi connectivity index (χ0v) is 6.29. The van der Waals surface area contributed by atoms with Gasteiger partial charge in [0.1, 0.15) is 0 Å². The number of nitrogens with one attached hydrogen (secondary N) is 2. The molecule has 2 N–H and O–H groups in total. The fourth-order valence-corrected chi connectivity index (χ4v) is 0.361. The van der Waals surface area contributed by atoms with Crippen LogP contribution >= 0.6 is 15.9 Å². The Morgan fingerprint density at radius 3 is 2.75 bits per heavy atom. The fraction of sp³-hybridized carbons (Fsp3) is 0.750. The summed E-state index contributed by atoms with van der Waals surface area (Å²) in [4.78, 5) is 10.4. The second-order valence-electron chi connectivity index (χ2n) is 1.21. The number of carbonyl (C=O) groups excluding carboxylic acids is 1. The molecule has 1 amide bonds. The summed E-state index contributed by atoms with van der Waals surface area (Å²) in [6.45, 7) is 2.66. The maximum Gasteiger partial charge on any atom is 0.244 e. The second-order valence-corrected chi connectivity index (χ2v) is 1.77. The summed E-state index contributed by atoms with van der Waals surface area (Å²) >= 11 is 2.99. The van der Waals surface area contributed by atoms with Crippen LogP contribution in [-0.4, -0.2) is 17.8 Å². The number of halogens is 1. The van der Waals surface area contributed by atoms with Crippen molar-refractivity contribution in [3.8, 4) is 0 Å². The van der Waals surface area contributed by atoms with Crippen molar-refractivity contribution >= 4 is 21.8 Å². The van der Waals surface area contributed by atoms with Gasteiger partial charge < -0.3 is 0 Å². The first-order chi connectivity index (χ1) is 3.81. The smallest absolute Gasteiger partial charge is 0.244 e. The molecule has 0 rings (SSSR count). The molecule has 4 heteroatoms. The Morgan fingerprint density at radius 1 is 1.75 bits per heavy atom. The first-order valence-corrected chi connectivity index (χ1v) is 3.51. The minimum atomic E-state index is -0.0492. The SMILES string of the molecule is CCNNC(=O)CBr. The van der Waals surface area contributed by atoms with Crippen LogP contribution in [-0.2, 0) is 4.79 Å². The van der Waals surface area contributed by atoms with Crippen molar-refractivity contribution in [2.75, 3.05) is 11.9 Å². The Morgan fingerprint density at radius 2 is 2.38 bits per heavy atom. The normalized spacial score (nSPS) is 8.75. The van der Waals surface area contributed by atoms with Gasteiger partial charge in [0.15, 0.2) is 0 Å². The minimum absolute atomic E-state index is 0.0492. The Bertz CT molecular complexity index is 76.4. The van der Waals surface area contributed by atoms with Gasteiger partial charge in [-0.15, -0.1) is 0 Å². The summed E-state index contributed by atoms with van der Waals surface area (Å²) in [6.07, 6.45) is 0. The highest BCUT2D eigenvalue weighted by Gasteiger charge is 1.91. The highest BCUT2D eigenvalue weighted by atomic mass is 79.9. The van der Waals surface area contributed by atoms with E-state index in [1.807, 2.05) is 6.92 Å².